The number of likely N-dealkylation sites (tertiary alicyclic amines) is 1. The first kappa shape index (κ1) is 30.1. The Labute approximate surface area is 199 Å². The molecule has 0 spiro atoms. The molecule has 32 heavy (non-hydrogen) atoms. The summed E-state index contributed by atoms with van der Waals surface area (Å²) in [5, 5.41) is 0. The van der Waals surface area contributed by atoms with E-state index < -0.39 is 7.82 Å². The first-order chi connectivity index (χ1) is 15.4. The van der Waals surface area contributed by atoms with Crippen molar-refractivity contribution < 1.29 is 23.0 Å². The smallest absolute Gasteiger partial charge is 0.324 e. The number of phosphoric ester groups is 1. The van der Waals surface area contributed by atoms with Crippen LogP contribution in [-0.2, 0) is 13.6 Å². The topological polar surface area (TPSA) is 55.8 Å². The molecule has 0 aromatic heterocycles. The van der Waals surface area contributed by atoms with Gasteiger partial charge in [0.15, 0.2) is 0 Å². The van der Waals surface area contributed by atoms with Crippen LogP contribution in [0, 0.1) is 0 Å². The van der Waals surface area contributed by atoms with Gasteiger partial charge in [-0.05, 0) is 19.3 Å². The summed E-state index contributed by atoms with van der Waals surface area (Å²) >= 11 is 0. The molecule has 0 aromatic rings. The Morgan fingerprint density at radius 2 is 1.22 bits per heavy atom. The van der Waals surface area contributed by atoms with E-state index in [-0.39, 0.29) is 6.04 Å². The predicted molar refractivity (Wildman–Crippen MR) is 136 cm³/mol. The summed E-state index contributed by atoms with van der Waals surface area (Å²) in [6, 6.07) is 0.281. The van der Waals surface area contributed by atoms with Crippen LogP contribution >= 0.6 is 7.82 Å². The Kier molecular flexibility index (Phi) is 17.3. The highest BCUT2D eigenvalue weighted by atomic mass is 31.2. The second-order valence-electron chi connectivity index (χ2n) is 10.6. The molecule has 2 atom stereocenters. The fraction of sp³-hybridized carbons (Fsp3) is 1.00. The van der Waals surface area contributed by atoms with E-state index in [9.17, 15) is 9.46 Å². The van der Waals surface area contributed by atoms with Gasteiger partial charge in [-0.3, -0.25) is 9.05 Å². The summed E-state index contributed by atoms with van der Waals surface area (Å²) in [4.78, 5) is 9.95. The summed E-state index contributed by atoms with van der Waals surface area (Å²) in [5.74, 6) is 0. The first-order valence-electron chi connectivity index (χ1n) is 13.8. The van der Waals surface area contributed by atoms with Crippen molar-refractivity contribution in [3.63, 3.8) is 0 Å². The average molecular weight is 477 g/mol. The van der Waals surface area contributed by atoms with Gasteiger partial charge in [-0.1, -0.05) is 103 Å². The lowest BCUT2D eigenvalue weighted by atomic mass is 10.0. The molecular weight excluding hydrogens is 421 g/mol. The Hall–Kier alpha value is 0.0700. The maximum Gasteiger partial charge on any atom is 0.472 e. The van der Waals surface area contributed by atoms with Crippen LogP contribution in [0.2, 0.25) is 0 Å². The summed E-state index contributed by atoms with van der Waals surface area (Å²) in [7, 11) is 0.432. The molecule has 1 N–H and O–H groups in total. The van der Waals surface area contributed by atoms with Gasteiger partial charge in [0.1, 0.15) is 12.6 Å². The predicted octanol–water partition coefficient (Wildman–Crippen LogP) is 8.01. The Morgan fingerprint density at radius 1 is 0.750 bits per heavy atom. The van der Waals surface area contributed by atoms with Crippen LogP contribution in [0.5, 0.6) is 0 Å². The zero-order chi connectivity index (χ0) is 23.5. The molecule has 1 saturated heterocycles. The number of hydrogen-bond donors (Lipinski definition) is 1. The Bertz CT molecular complexity index is 486. The minimum absolute atomic E-state index is 0.281. The molecule has 0 aliphatic carbocycles. The number of rotatable bonds is 21. The van der Waals surface area contributed by atoms with Gasteiger partial charge in [0, 0.05) is 6.42 Å². The number of quaternary nitrogens is 1. The van der Waals surface area contributed by atoms with Gasteiger partial charge >= 0.3 is 7.82 Å². The molecule has 1 aliphatic heterocycles. The molecule has 1 aliphatic rings. The summed E-state index contributed by atoms with van der Waals surface area (Å²) < 4.78 is 23.5. The lowest BCUT2D eigenvalue weighted by molar-refractivity contribution is -0.920. The minimum Gasteiger partial charge on any atom is -0.324 e. The quantitative estimate of drug-likeness (QED) is 0.104. The summed E-state index contributed by atoms with van der Waals surface area (Å²) in [6.45, 7) is 4.00. The van der Waals surface area contributed by atoms with Crippen LogP contribution in [-0.4, -0.2) is 49.3 Å². The van der Waals surface area contributed by atoms with Crippen molar-refractivity contribution in [1.29, 1.82) is 0 Å². The SMILES string of the molecule is CCCCCCCCCCCCCCCCCCOP(=O)(O)OCC1CCCC[N+]1(C)C. The molecule has 192 valence electrons. The van der Waals surface area contributed by atoms with Gasteiger partial charge in [-0.2, -0.15) is 0 Å². The highest BCUT2D eigenvalue weighted by Gasteiger charge is 2.34. The van der Waals surface area contributed by atoms with Crippen molar-refractivity contribution in [3.05, 3.63) is 0 Å². The molecule has 6 heteroatoms. The highest BCUT2D eigenvalue weighted by molar-refractivity contribution is 7.47. The second-order valence-corrected chi connectivity index (χ2v) is 12.0. The number of unbranched alkanes of at least 4 members (excludes halogenated alkanes) is 15. The fourth-order valence-corrected chi connectivity index (χ4v) is 5.56. The first-order valence-corrected chi connectivity index (χ1v) is 15.3. The Balaban J connectivity index is 1.86. The van der Waals surface area contributed by atoms with E-state index in [0.717, 1.165) is 30.3 Å². The van der Waals surface area contributed by atoms with Crippen molar-refractivity contribution in [1.82, 2.24) is 0 Å². The third kappa shape index (κ3) is 15.8. The van der Waals surface area contributed by atoms with Gasteiger partial charge in [0.25, 0.3) is 0 Å². The summed E-state index contributed by atoms with van der Waals surface area (Å²) in [5.41, 5.74) is 0. The van der Waals surface area contributed by atoms with Crippen LogP contribution in [0.15, 0.2) is 0 Å². The van der Waals surface area contributed by atoms with Gasteiger partial charge in [0.05, 0.1) is 27.2 Å². The number of likely N-dealkylation sites (N-methyl/N-ethyl adjacent to an activating group) is 1. The van der Waals surface area contributed by atoms with Crippen molar-refractivity contribution in [2.45, 2.75) is 135 Å². The van der Waals surface area contributed by atoms with Gasteiger partial charge in [-0.15, -0.1) is 0 Å². The molecule has 0 amide bonds. The van der Waals surface area contributed by atoms with Crippen molar-refractivity contribution in [3.8, 4) is 0 Å². The molecular formula is C26H55NO4P+. The fourth-order valence-electron chi connectivity index (χ4n) is 4.76. The van der Waals surface area contributed by atoms with Gasteiger partial charge in [0.2, 0.25) is 0 Å². The normalized spacial score (nSPS) is 20.3. The third-order valence-electron chi connectivity index (χ3n) is 7.19. The number of piperidine rings is 1. The molecule has 2 unspecified atom stereocenters. The molecule has 0 aromatic carbocycles. The molecule has 5 nitrogen and oxygen atoms in total. The van der Waals surface area contributed by atoms with Gasteiger partial charge in [-0.25, -0.2) is 4.57 Å². The molecule has 1 heterocycles. The maximum atomic E-state index is 12.1. The van der Waals surface area contributed by atoms with Crippen molar-refractivity contribution in [2.75, 3.05) is 33.9 Å². The lowest BCUT2D eigenvalue weighted by Crippen LogP contribution is -2.53. The highest BCUT2D eigenvalue weighted by Crippen LogP contribution is 2.44. The number of hydrogen-bond acceptors (Lipinski definition) is 3. The standard InChI is InChI=1S/C26H54NO4P/c1-4-5-6-7-8-9-10-11-12-13-14-15-16-17-18-21-24-30-32(28,29)31-25-26-22-19-20-23-27(26,2)3/h26H,4-25H2,1-3H3/p+1. The molecule has 0 saturated carbocycles. The monoisotopic (exact) mass is 476 g/mol. The largest absolute Gasteiger partial charge is 0.472 e. The van der Waals surface area contributed by atoms with Crippen molar-refractivity contribution >= 4 is 7.82 Å². The number of nitrogens with zero attached hydrogens (tertiary/aromatic N) is 1. The van der Waals surface area contributed by atoms with Crippen LogP contribution in [0.4, 0.5) is 0 Å². The molecule has 0 radical (unpaired) electrons. The van der Waals surface area contributed by atoms with Gasteiger partial charge < -0.3 is 9.38 Å². The third-order valence-corrected chi connectivity index (χ3v) is 8.18. The van der Waals surface area contributed by atoms with E-state index in [1.165, 1.54) is 103 Å². The molecule has 1 rings (SSSR count). The maximum absolute atomic E-state index is 12.1. The number of phosphoric acid groups is 1. The van der Waals surface area contributed by atoms with Crippen LogP contribution in [0.3, 0.4) is 0 Å². The van der Waals surface area contributed by atoms with E-state index >= 15 is 0 Å². The molecule has 1 fully saturated rings. The average Bonchev–Trinajstić information content (AvgIpc) is 2.75. The zero-order valence-corrected chi connectivity index (χ0v) is 22.6. The Morgan fingerprint density at radius 3 is 1.69 bits per heavy atom. The van der Waals surface area contributed by atoms with Crippen LogP contribution in [0.25, 0.3) is 0 Å². The summed E-state index contributed by atoms with van der Waals surface area (Å²) in [6.07, 6.45) is 24.5. The van der Waals surface area contributed by atoms with E-state index in [1.807, 2.05) is 0 Å². The minimum atomic E-state index is -3.92. The van der Waals surface area contributed by atoms with Crippen LogP contribution in [0.1, 0.15) is 129 Å². The second kappa shape index (κ2) is 18.4. The van der Waals surface area contributed by atoms with E-state index in [4.69, 9.17) is 9.05 Å². The lowest BCUT2D eigenvalue weighted by Gasteiger charge is -2.41. The van der Waals surface area contributed by atoms with E-state index in [0.29, 0.717) is 13.2 Å². The van der Waals surface area contributed by atoms with E-state index in [2.05, 4.69) is 21.0 Å². The van der Waals surface area contributed by atoms with Crippen LogP contribution < -0.4 is 0 Å². The zero-order valence-electron chi connectivity index (χ0n) is 21.7. The van der Waals surface area contributed by atoms with E-state index in [1.54, 1.807) is 0 Å². The molecule has 0 bridgehead atoms. The van der Waals surface area contributed by atoms with Crippen molar-refractivity contribution in [2.24, 2.45) is 0 Å².